The van der Waals surface area contributed by atoms with Crippen LogP contribution < -0.4 is 16.4 Å². The molecule has 3 saturated heterocycles. The molecule has 1 aromatic carbocycles. The highest BCUT2D eigenvalue weighted by Crippen LogP contribution is 2.37. The Balaban J connectivity index is 0.888. The lowest BCUT2D eigenvalue weighted by molar-refractivity contribution is -0.929. The smallest absolute Gasteiger partial charge is 0.435 e. The summed E-state index contributed by atoms with van der Waals surface area (Å²) in [7, 11) is 1.41. The minimum Gasteiger partial charge on any atom is -0.477 e. The van der Waals surface area contributed by atoms with E-state index in [1.165, 1.54) is 42.1 Å². The van der Waals surface area contributed by atoms with E-state index in [1.807, 2.05) is 0 Å². The van der Waals surface area contributed by atoms with Crippen LogP contribution >= 0.6 is 11.6 Å². The molecule has 0 saturated carbocycles. The second-order valence-corrected chi connectivity index (χ2v) is 16.5. The number of carboxylic acid groups (broad SMARTS) is 1. The Morgan fingerprint density at radius 3 is 2.39 bits per heavy atom. The monoisotopic (exact) mass is 865 g/mol. The van der Waals surface area contributed by atoms with Crippen molar-refractivity contribution < 1.29 is 41.9 Å². The van der Waals surface area contributed by atoms with Crippen LogP contribution in [0.2, 0.25) is 5.02 Å². The molecule has 61 heavy (non-hydrogen) atoms. The molecule has 17 nitrogen and oxygen atoms in total. The summed E-state index contributed by atoms with van der Waals surface area (Å²) in [5.41, 5.74) is 6.46. The number of nitrogens with two attached hydrogens (primary N) is 1. The Kier molecular flexibility index (Phi) is 11.4. The normalized spacial score (nSPS) is 19.9. The van der Waals surface area contributed by atoms with Gasteiger partial charge in [0.15, 0.2) is 23.9 Å². The Hall–Kier alpha value is -5.83. The van der Waals surface area contributed by atoms with Crippen LogP contribution in [-0.4, -0.2) is 138 Å². The van der Waals surface area contributed by atoms with Gasteiger partial charge in [-0.2, -0.15) is 18.3 Å². The van der Waals surface area contributed by atoms with E-state index in [2.05, 4.69) is 30.7 Å². The van der Waals surface area contributed by atoms with Crippen LogP contribution in [0, 0.1) is 11.8 Å². The number of carboxylic acids is 1. The van der Waals surface area contributed by atoms with Crippen molar-refractivity contribution in [3.63, 3.8) is 0 Å². The fourth-order valence-electron chi connectivity index (χ4n) is 8.64. The van der Waals surface area contributed by atoms with Crippen molar-refractivity contribution in [2.45, 2.75) is 25.6 Å². The van der Waals surface area contributed by atoms with E-state index in [0.29, 0.717) is 79.2 Å². The predicted octanol–water partition coefficient (Wildman–Crippen LogP) is 3.35. The maximum absolute atomic E-state index is 14.3. The average Bonchev–Trinajstić information content (AvgIpc) is 3.95. The number of pyridine rings is 1. The van der Waals surface area contributed by atoms with E-state index < -0.39 is 23.7 Å². The number of nitrogens with zero attached hydrogens (tertiary/aromatic N) is 8. The molecule has 3 aliphatic heterocycles. The number of carbonyl (C=O) groups is 4. The highest BCUT2D eigenvalue weighted by molar-refractivity contribution is 6.34. The first-order valence-corrected chi connectivity index (χ1v) is 20.3. The first-order chi connectivity index (χ1) is 29.1. The fraction of sp³-hybridized carbons (Fsp3) is 0.425. The summed E-state index contributed by atoms with van der Waals surface area (Å²) < 4.78 is 45.7. The Morgan fingerprint density at radius 1 is 1.03 bits per heavy atom. The van der Waals surface area contributed by atoms with Gasteiger partial charge < -0.3 is 45.3 Å². The number of quaternary nitrogens is 1. The Morgan fingerprint density at radius 2 is 1.75 bits per heavy atom. The number of imidazole rings is 1. The summed E-state index contributed by atoms with van der Waals surface area (Å²) in [5, 5.41) is 19.4. The third kappa shape index (κ3) is 8.57. The Bertz CT molecular complexity index is 2500. The zero-order valence-electron chi connectivity index (χ0n) is 33.2. The number of hydrogen-bond donors (Lipinski definition) is 5. The van der Waals surface area contributed by atoms with Crippen LogP contribution in [0.5, 0.6) is 0 Å². The number of likely N-dealkylation sites (tertiary alicyclic amines) is 1. The van der Waals surface area contributed by atoms with Crippen molar-refractivity contribution in [1.82, 2.24) is 44.4 Å². The van der Waals surface area contributed by atoms with E-state index in [4.69, 9.17) is 17.3 Å². The van der Waals surface area contributed by atoms with Crippen molar-refractivity contribution in [2.24, 2.45) is 24.6 Å². The average molecular weight is 866 g/mol. The third-order valence-electron chi connectivity index (χ3n) is 12.0. The van der Waals surface area contributed by atoms with Gasteiger partial charge in [-0.05, 0) is 36.4 Å². The van der Waals surface area contributed by atoms with Gasteiger partial charge >= 0.3 is 12.1 Å². The molecule has 3 amide bonds. The number of aromatic nitrogens is 6. The van der Waals surface area contributed by atoms with Crippen LogP contribution in [0.15, 0.2) is 48.8 Å². The first-order valence-electron chi connectivity index (χ1n) is 20.0. The number of fused-ring (bicyclic) bond motifs is 1. The van der Waals surface area contributed by atoms with Crippen molar-refractivity contribution in [3.8, 4) is 17.1 Å². The molecule has 0 radical (unpaired) electrons. The van der Waals surface area contributed by atoms with Gasteiger partial charge in [0, 0.05) is 95.1 Å². The number of piperidine rings is 1. The number of rotatable bonds is 11. The van der Waals surface area contributed by atoms with Crippen LogP contribution in [-0.2, 0) is 29.4 Å². The molecule has 4 aromatic heterocycles. The number of hydrogen-bond acceptors (Lipinski definition) is 9. The van der Waals surface area contributed by atoms with Crippen molar-refractivity contribution in [3.05, 3.63) is 76.6 Å². The van der Waals surface area contributed by atoms with Crippen LogP contribution in [0.25, 0.3) is 28.1 Å². The summed E-state index contributed by atoms with van der Waals surface area (Å²) in [6.45, 7) is 5.46. The lowest BCUT2D eigenvalue weighted by Gasteiger charge is -2.46. The van der Waals surface area contributed by atoms with Gasteiger partial charge in [0.25, 0.3) is 11.8 Å². The van der Waals surface area contributed by atoms with Gasteiger partial charge in [0.05, 0.1) is 58.7 Å². The topological polar surface area (TPSA) is 209 Å². The lowest BCUT2D eigenvalue weighted by Crippen LogP contribution is -2.62. The van der Waals surface area contributed by atoms with Gasteiger partial charge in [-0.3, -0.25) is 14.4 Å². The molecule has 21 heteroatoms. The molecule has 7 heterocycles. The molecular weight excluding hydrogens is 821 g/mol. The standard InChI is InChI=1S/C40H44ClF3N12O5/c1-52-32(28-20-55(51-35(28)40(42,43)44)33-5-4-30-31(50-33)15-26(16-45)48-30)19-47-36(52)37(59)49-25-2-3-27(29(41)14-25)39(61)54-10-8-53(9-11-54)38(60)24-6-12-56(13-7-24,22-34(57)58)21-23-17-46-18-23/h2-5,14-15,19-20,23-24,46H,6-13,16-18,21-22,45H2,1H3,(H2-,48,49,50,57,58,59,61)/p+1. The van der Waals surface area contributed by atoms with E-state index >= 15 is 0 Å². The zero-order valence-corrected chi connectivity index (χ0v) is 34.0. The molecule has 0 spiro atoms. The molecule has 0 bridgehead atoms. The molecule has 6 N–H and O–H groups in total. The van der Waals surface area contributed by atoms with Gasteiger partial charge in [0.1, 0.15) is 0 Å². The van der Waals surface area contributed by atoms with E-state index in [-0.39, 0.29) is 70.0 Å². The fourth-order valence-corrected chi connectivity index (χ4v) is 8.90. The van der Waals surface area contributed by atoms with E-state index in [0.717, 1.165) is 30.5 Å². The number of nitrogens with one attached hydrogen (secondary N) is 3. The van der Waals surface area contributed by atoms with Gasteiger partial charge in [0.2, 0.25) is 5.91 Å². The summed E-state index contributed by atoms with van der Waals surface area (Å²) in [6.07, 6.45) is -1.27. The Labute approximate surface area is 352 Å². The van der Waals surface area contributed by atoms with Gasteiger partial charge in [-0.15, -0.1) is 0 Å². The number of anilines is 1. The van der Waals surface area contributed by atoms with Crippen molar-refractivity contribution in [2.75, 3.05) is 70.8 Å². The quantitative estimate of drug-likeness (QED) is 0.122. The number of carbonyl (C=O) groups excluding carboxylic acids is 3. The molecular formula is C40H45ClF3N12O5+. The minimum absolute atomic E-state index is 0.0226. The van der Waals surface area contributed by atoms with Crippen LogP contribution in [0.1, 0.15) is 45.2 Å². The molecule has 0 aliphatic carbocycles. The number of aromatic amines is 1. The molecule has 0 unspecified atom stereocenters. The maximum Gasteiger partial charge on any atom is 0.435 e. The summed E-state index contributed by atoms with van der Waals surface area (Å²) in [5.74, 6) is -1.66. The molecule has 3 fully saturated rings. The maximum atomic E-state index is 14.3. The number of benzene rings is 1. The van der Waals surface area contributed by atoms with Crippen molar-refractivity contribution >= 4 is 52.0 Å². The number of halogens is 4. The van der Waals surface area contributed by atoms with E-state index in [9.17, 15) is 37.5 Å². The summed E-state index contributed by atoms with van der Waals surface area (Å²) in [6, 6.07) is 9.26. The lowest BCUT2D eigenvalue weighted by atomic mass is 9.90. The van der Waals surface area contributed by atoms with Gasteiger partial charge in [-0.1, -0.05) is 11.6 Å². The molecule has 322 valence electrons. The largest absolute Gasteiger partial charge is 0.477 e. The SMILES string of the molecule is Cn1c(-c2cn(-c3ccc4[nH]c(CN)cc4n3)nc2C(F)(F)F)cnc1C(=O)Nc1ccc(C(=O)N2CCN(C(=O)C3CC[N+](CC(=O)O)(CC4CNC4)CC3)CC2)c(Cl)c1. The second kappa shape index (κ2) is 16.6. The third-order valence-corrected chi connectivity index (χ3v) is 12.3. The highest BCUT2D eigenvalue weighted by Gasteiger charge is 2.43. The van der Waals surface area contributed by atoms with Crippen molar-refractivity contribution in [1.29, 1.82) is 0 Å². The molecule has 3 aliphatic rings. The zero-order chi connectivity index (χ0) is 43.2. The highest BCUT2D eigenvalue weighted by atomic mass is 35.5. The molecule has 8 rings (SSSR count). The number of H-pyrrole nitrogens is 1. The molecule has 0 atom stereocenters. The van der Waals surface area contributed by atoms with Crippen LogP contribution in [0.4, 0.5) is 18.9 Å². The number of alkyl halides is 3. The summed E-state index contributed by atoms with van der Waals surface area (Å²) >= 11 is 6.57. The predicted molar refractivity (Wildman–Crippen MR) is 217 cm³/mol. The van der Waals surface area contributed by atoms with E-state index in [1.54, 1.807) is 21.9 Å². The summed E-state index contributed by atoms with van der Waals surface area (Å²) in [4.78, 5) is 67.2. The number of amides is 3. The minimum atomic E-state index is -4.85. The van der Waals surface area contributed by atoms with Crippen LogP contribution in [0.3, 0.4) is 0 Å². The number of aliphatic carboxylic acids is 1. The molecule has 5 aromatic rings. The van der Waals surface area contributed by atoms with Gasteiger partial charge in [-0.25, -0.2) is 19.4 Å². The first kappa shape index (κ1) is 41.9. The number of piperazine rings is 1. The second-order valence-electron chi connectivity index (χ2n) is 16.0.